The van der Waals surface area contributed by atoms with Gasteiger partial charge in [-0.2, -0.15) is 13.2 Å². The number of nitrogens with one attached hydrogen (secondary N) is 1. The third-order valence-corrected chi connectivity index (χ3v) is 3.89. The number of ether oxygens (including phenoxy) is 1. The van der Waals surface area contributed by atoms with E-state index in [1.54, 1.807) is 6.92 Å². The van der Waals surface area contributed by atoms with Crippen LogP contribution in [0.15, 0.2) is 0 Å². The van der Waals surface area contributed by atoms with Gasteiger partial charge in [-0.15, -0.1) is 0 Å². The number of hydrogen-bond donors (Lipinski definition) is 1. The van der Waals surface area contributed by atoms with E-state index in [1.165, 1.54) is 0 Å². The summed E-state index contributed by atoms with van der Waals surface area (Å²) in [6.45, 7) is 3.11. The van der Waals surface area contributed by atoms with Crippen LogP contribution in [-0.2, 0) is 29.5 Å². The molecule has 1 saturated heterocycles. The van der Waals surface area contributed by atoms with Crippen molar-refractivity contribution in [2.24, 2.45) is 0 Å². The minimum Gasteiger partial charge on any atom is -0.367 e. The summed E-state index contributed by atoms with van der Waals surface area (Å²) < 4.78 is 45.2. The van der Waals surface area contributed by atoms with Crippen LogP contribution in [0.1, 0.15) is 42.5 Å². The Kier molecular flexibility index (Phi) is 3.21. The molecule has 4 nitrogen and oxygen atoms in total. The fourth-order valence-electron chi connectivity index (χ4n) is 2.77. The second-order valence-electron chi connectivity index (χ2n) is 5.43. The molecule has 0 aromatic carbocycles. The van der Waals surface area contributed by atoms with Crippen LogP contribution in [-0.4, -0.2) is 23.1 Å². The smallest absolute Gasteiger partial charge is 0.367 e. The van der Waals surface area contributed by atoms with E-state index in [9.17, 15) is 13.2 Å². The Morgan fingerprint density at radius 3 is 2.75 bits per heavy atom. The zero-order valence-electron chi connectivity index (χ0n) is 11.2. The van der Waals surface area contributed by atoms with Crippen LogP contribution in [0, 0.1) is 0 Å². The van der Waals surface area contributed by atoms with Crippen molar-refractivity contribution in [3.05, 3.63) is 22.8 Å². The molecule has 0 bridgehead atoms. The van der Waals surface area contributed by atoms with Gasteiger partial charge in [-0.1, -0.05) is 0 Å². The van der Waals surface area contributed by atoms with E-state index < -0.39 is 17.5 Å². The molecule has 1 atom stereocenters. The Morgan fingerprint density at radius 1 is 1.30 bits per heavy atom. The van der Waals surface area contributed by atoms with Gasteiger partial charge in [0.15, 0.2) is 11.5 Å². The molecule has 0 saturated carbocycles. The fraction of sp³-hybridized carbons (Fsp3) is 0.692. The number of aromatic nitrogens is 2. The summed E-state index contributed by atoms with van der Waals surface area (Å²) >= 11 is 0. The largest absolute Gasteiger partial charge is 0.433 e. The van der Waals surface area contributed by atoms with Gasteiger partial charge >= 0.3 is 6.18 Å². The molecule has 1 unspecified atom stereocenters. The Labute approximate surface area is 114 Å². The van der Waals surface area contributed by atoms with Crippen LogP contribution < -0.4 is 5.32 Å². The van der Waals surface area contributed by atoms with Crippen molar-refractivity contribution in [2.45, 2.75) is 44.5 Å². The summed E-state index contributed by atoms with van der Waals surface area (Å²) in [5.41, 5.74) is -0.937. The zero-order valence-corrected chi connectivity index (χ0v) is 11.2. The molecule has 3 heterocycles. The van der Waals surface area contributed by atoms with Crippen molar-refractivity contribution in [1.29, 1.82) is 0 Å². The molecule has 7 heteroatoms. The molecule has 1 aromatic rings. The Bertz CT molecular complexity index is 524. The van der Waals surface area contributed by atoms with Gasteiger partial charge < -0.3 is 10.1 Å². The molecule has 0 aliphatic carbocycles. The average Bonchev–Trinajstić information content (AvgIpc) is 2.84. The van der Waals surface area contributed by atoms with Crippen LogP contribution in [0.4, 0.5) is 13.2 Å². The molecule has 0 radical (unpaired) electrons. The van der Waals surface area contributed by atoms with Gasteiger partial charge in [-0.05, 0) is 19.8 Å². The van der Waals surface area contributed by atoms with Crippen LogP contribution >= 0.6 is 0 Å². The summed E-state index contributed by atoms with van der Waals surface area (Å²) in [5.74, 6) is 0.169. The first-order valence-corrected chi connectivity index (χ1v) is 6.72. The molecule has 1 fully saturated rings. The van der Waals surface area contributed by atoms with Gasteiger partial charge in [-0.3, -0.25) is 0 Å². The molecule has 1 N–H and O–H groups in total. The minimum atomic E-state index is -4.46. The van der Waals surface area contributed by atoms with Crippen LogP contribution in [0.2, 0.25) is 0 Å². The molecule has 3 rings (SSSR count). The van der Waals surface area contributed by atoms with E-state index in [1.807, 2.05) is 0 Å². The van der Waals surface area contributed by atoms with Gasteiger partial charge in [-0.25, -0.2) is 9.97 Å². The molecule has 110 valence electrons. The second kappa shape index (κ2) is 4.66. The van der Waals surface area contributed by atoms with Gasteiger partial charge in [0.25, 0.3) is 0 Å². The quantitative estimate of drug-likeness (QED) is 0.860. The van der Waals surface area contributed by atoms with E-state index in [4.69, 9.17) is 4.74 Å². The first-order valence-electron chi connectivity index (χ1n) is 6.72. The lowest BCUT2D eigenvalue weighted by Crippen LogP contribution is -2.32. The summed E-state index contributed by atoms with van der Waals surface area (Å²) in [7, 11) is 0. The molecule has 2 aliphatic rings. The normalized spacial score (nSPS) is 26.6. The highest BCUT2D eigenvalue weighted by Crippen LogP contribution is 2.38. The number of rotatable bonds is 1. The summed E-state index contributed by atoms with van der Waals surface area (Å²) in [6.07, 6.45) is -2.50. The average molecular weight is 287 g/mol. The van der Waals surface area contributed by atoms with Crippen molar-refractivity contribution in [3.8, 4) is 0 Å². The van der Waals surface area contributed by atoms with Gasteiger partial charge in [0.2, 0.25) is 0 Å². The zero-order chi connectivity index (χ0) is 14.4. The highest BCUT2D eigenvalue weighted by Gasteiger charge is 2.42. The predicted octanol–water partition coefficient (Wildman–Crippen LogP) is 2.17. The van der Waals surface area contributed by atoms with Crippen molar-refractivity contribution in [2.75, 3.05) is 13.2 Å². The number of hydrogen-bond acceptors (Lipinski definition) is 4. The molecule has 0 spiro atoms. The van der Waals surface area contributed by atoms with Crippen LogP contribution in [0.3, 0.4) is 0 Å². The van der Waals surface area contributed by atoms with E-state index in [2.05, 4.69) is 15.3 Å². The lowest BCUT2D eigenvalue weighted by Gasteiger charge is -2.26. The maximum absolute atomic E-state index is 13.2. The number of halogens is 3. The summed E-state index contributed by atoms with van der Waals surface area (Å²) in [5, 5.41) is 2.94. The molecular formula is C13H16F3N3O. The Morgan fingerprint density at radius 2 is 2.10 bits per heavy atom. The molecule has 0 amide bonds. The maximum atomic E-state index is 13.2. The lowest BCUT2D eigenvalue weighted by atomic mass is 9.99. The van der Waals surface area contributed by atoms with E-state index in [-0.39, 0.29) is 17.9 Å². The first kappa shape index (κ1) is 13.8. The second-order valence-corrected chi connectivity index (χ2v) is 5.43. The molecule has 20 heavy (non-hydrogen) atoms. The SMILES string of the molecule is CC1(c2nc3c(c(C(F)(F)F)n2)CNCC3)CCCO1. The third-order valence-electron chi connectivity index (χ3n) is 3.89. The third kappa shape index (κ3) is 2.29. The van der Waals surface area contributed by atoms with Crippen LogP contribution in [0.5, 0.6) is 0 Å². The lowest BCUT2D eigenvalue weighted by molar-refractivity contribution is -0.142. The summed E-state index contributed by atoms with van der Waals surface area (Å²) in [4.78, 5) is 8.18. The van der Waals surface area contributed by atoms with E-state index in [0.717, 1.165) is 6.42 Å². The highest BCUT2D eigenvalue weighted by atomic mass is 19.4. The topological polar surface area (TPSA) is 47.0 Å². The van der Waals surface area contributed by atoms with Gasteiger partial charge in [0, 0.05) is 31.7 Å². The number of fused-ring (bicyclic) bond motifs is 1. The van der Waals surface area contributed by atoms with Crippen molar-refractivity contribution in [1.82, 2.24) is 15.3 Å². The monoisotopic (exact) mass is 287 g/mol. The highest BCUT2D eigenvalue weighted by molar-refractivity contribution is 5.31. The van der Waals surface area contributed by atoms with E-state index in [0.29, 0.717) is 31.7 Å². The maximum Gasteiger partial charge on any atom is 0.433 e. The predicted molar refractivity (Wildman–Crippen MR) is 65.0 cm³/mol. The molecule has 2 aliphatic heterocycles. The molecular weight excluding hydrogens is 271 g/mol. The van der Waals surface area contributed by atoms with Gasteiger partial charge in [0.1, 0.15) is 5.60 Å². The number of nitrogens with zero attached hydrogens (tertiary/aromatic N) is 2. The fourth-order valence-corrected chi connectivity index (χ4v) is 2.77. The summed E-state index contributed by atoms with van der Waals surface area (Å²) in [6, 6.07) is 0. The van der Waals surface area contributed by atoms with Crippen molar-refractivity contribution < 1.29 is 17.9 Å². The van der Waals surface area contributed by atoms with Gasteiger partial charge in [0.05, 0.1) is 5.69 Å². The first-order chi connectivity index (χ1) is 9.40. The van der Waals surface area contributed by atoms with E-state index >= 15 is 0 Å². The Balaban J connectivity index is 2.13. The Hall–Kier alpha value is -1.21. The molecule has 1 aromatic heterocycles. The van der Waals surface area contributed by atoms with Crippen molar-refractivity contribution >= 4 is 0 Å². The standard InChI is InChI=1S/C13H16F3N3O/c1-12(4-2-6-20-12)11-18-9-3-5-17-7-8(9)10(19-11)13(14,15)16/h17H,2-7H2,1H3. The number of alkyl halides is 3. The minimum absolute atomic E-state index is 0.169. The van der Waals surface area contributed by atoms with Crippen LogP contribution in [0.25, 0.3) is 0 Å². The van der Waals surface area contributed by atoms with Crippen molar-refractivity contribution in [3.63, 3.8) is 0 Å².